The average Bonchev–Trinajstić information content (AvgIpc) is 3.17. The van der Waals surface area contributed by atoms with Crippen LogP contribution in [0.4, 0.5) is 5.95 Å². The number of hydrogen-bond donors (Lipinski definition) is 2. The van der Waals surface area contributed by atoms with Crippen LogP contribution < -0.4 is 16.2 Å². The van der Waals surface area contributed by atoms with Crippen molar-refractivity contribution in [3.63, 3.8) is 0 Å². The lowest BCUT2D eigenvalue weighted by Gasteiger charge is -2.26. The third kappa shape index (κ3) is 4.94. The Kier molecular flexibility index (Phi) is 7.08. The van der Waals surface area contributed by atoms with Crippen molar-refractivity contribution in [1.29, 1.82) is 0 Å². The number of nitrogens with zero attached hydrogens (tertiary/aromatic N) is 2. The van der Waals surface area contributed by atoms with Gasteiger partial charge in [-0.05, 0) is 6.42 Å². The SMILES string of the molecule is COCCO[C@H]1[C@@H](COC(C)=O)C[C@@H](n2c(=O)sc3c(=O)[nH]c(N)nc32)[C@@H]1OC(C)=O. The van der Waals surface area contributed by atoms with Gasteiger partial charge in [0.2, 0.25) is 5.95 Å². The van der Waals surface area contributed by atoms with E-state index in [0.29, 0.717) is 6.61 Å². The number of carbonyl (C=O) groups is 2. The maximum absolute atomic E-state index is 12.8. The zero-order valence-corrected chi connectivity index (χ0v) is 18.1. The number of nitrogens with two attached hydrogens (primary N) is 1. The van der Waals surface area contributed by atoms with E-state index in [9.17, 15) is 19.2 Å². The van der Waals surface area contributed by atoms with Gasteiger partial charge in [0.25, 0.3) is 5.56 Å². The minimum absolute atomic E-state index is 0.00815. The molecule has 0 aromatic carbocycles. The molecule has 13 heteroatoms. The molecule has 2 heterocycles. The molecule has 0 spiro atoms. The first-order valence-corrected chi connectivity index (χ1v) is 10.4. The summed E-state index contributed by atoms with van der Waals surface area (Å²) in [7, 11) is 1.52. The Hall–Kier alpha value is -2.77. The molecule has 0 amide bonds. The standard InChI is InChI=1S/C18H24N4O8S/c1-8(23)29-7-10-6-11(13(30-9(2)24)12(10)28-5-4-27-3)22-15-14(31-18(22)26)16(25)21-17(19)20-15/h10-13H,4-7H2,1-3H3,(H3,19,20,21,25)/t10-,11-,12+,13+/m1/s1. The second-order valence-corrected chi connectivity index (χ2v) is 8.07. The van der Waals surface area contributed by atoms with E-state index < -0.39 is 40.6 Å². The predicted molar refractivity (Wildman–Crippen MR) is 110 cm³/mol. The molecular formula is C18H24N4O8S. The highest BCUT2D eigenvalue weighted by molar-refractivity contribution is 7.16. The lowest BCUT2D eigenvalue weighted by molar-refractivity contribution is -0.159. The number of ether oxygens (including phenoxy) is 4. The maximum Gasteiger partial charge on any atom is 0.309 e. The van der Waals surface area contributed by atoms with Gasteiger partial charge in [-0.15, -0.1) is 0 Å². The molecule has 1 aliphatic carbocycles. The van der Waals surface area contributed by atoms with Crippen molar-refractivity contribution < 1.29 is 28.5 Å². The number of carbonyl (C=O) groups excluding carboxylic acids is 2. The number of rotatable bonds is 8. The summed E-state index contributed by atoms with van der Waals surface area (Å²) in [5, 5.41) is 0. The monoisotopic (exact) mass is 456 g/mol. The fourth-order valence-corrected chi connectivity index (χ4v) is 4.65. The van der Waals surface area contributed by atoms with E-state index in [0.717, 1.165) is 11.3 Å². The van der Waals surface area contributed by atoms with Crippen molar-refractivity contribution in [3.05, 3.63) is 20.0 Å². The summed E-state index contributed by atoms with van der Waals surface area (Å²) in [6.45, 7) is 3.04. The zero-order chi connectivity index (χ0) is 22.7. The fraction of sp³-hybridized carbons (Fsp3) is 0.611. The molecule has 0 unspecified atom stereocenters. The second-order valence-electron chi connectivity index (χ2n) is 7.11. The molecule has 3 N–H and O–H groups in total. The molecule has 1 saturated carbocycles. The van der Waals surface area contributed by atoms with Crippen molar-refractivity contribution >= 4 is 39.6 Å². The van der Waals surface area contributed by atoms with Crippen LogP contribution in [0.2, 0.25) is 0 Å². The van der Waals surface area contributed by atoms with Crippen LogP contribution in [0.1, 0.15) is 26.3 Å². The van der Waals surface area contributed by atoms with Crippen molar-refractivity contribution in [2.24, 2.45) is 5.92 Å². The molecule has 12 nitrogen and oxygen atoms in total. The Morgan fingerprint density at radius 1 is 1.23 bits per heavy atom. The number of thiazole rings is 1. The number of esters is 2. The van der Waals surface area contributed by atoms with Gasteiger partial charge in [-0.3, -0.25) is 28.7 Å². The van der Waals surface area contributed by atoms with Crippen LogP contribution >= 0.6 is 11.3 Å². The summed E-state index contributed by atoms with van der Waals surface area (Å²) in [6, 6.07) is -0.702. The molecule has 31 heavy (non-hydrogen) atoms. The molecule has 2 aromatic heterocycles. The predicted octanol–water partition coefficient (Wildman–Crippen LogP) is -0.184. The number of hydrogen-bond acceptors (Lipinski definition) is 11. The second kappa shape index (κ2) is 9.58. The summed E-state index contributed by atoms with van der Waals surface area (Å²) in [4.78, 5) is 54.3. The van der Waals surface area contributed by atoms with Crippen LogP contribution in [-0.2, 0) is 28.5 Å². The molecule has 0 radical (unpaired) electrons. The van der Waals surface area contributed by atoms with E-state index in [2.05, 4.69) is 9.97 Å². The number of fused-ring (bicyclic) bond motifs is 1. The van der Waals surface area contributed by atoms with E-state index in [1.165, 1.54) is 25.5 Å². The first-order valence-electron chi connectivity index (χ1n) is 9.54. The Morgan fingerprint density at radius 2 is 1.97 bits per heavy atom. The quantitative estimate of drug-likeness (QED) is 0.402. The van der Waals surface area contributed by atoms with Gasteiger partial charge in [-0.2, -0.15) is 4.98 Å². The van der Waals surface area contributed by atoms with Crippen molar-refractivity contribution in [2.75, 3.05) is 32.7 Å². The van der Waals surface area contributed by atoms with E-state index in [1.54, 1.807) is 0 Å². The number of nitrogens with one attached hydrogen (secondary N) is 1. The van der Waals surface area contributed by atoms with Crippen LogP contribution in [0.15, 0.2) is 9.59 Å². The normalized spacial score (nSPS) is 23.2. The molecule has 4 atom stereocenters. The van der Waals surface area contributed by atoms with Gasteiger partial charge in [-0.1, -0.05) is 11.3 Å². The van der Waals surface area contributed by atoms with E-state index in [1.807, 2.05) is 0 Å². The Balaban J connectivity index is 2.06. The van der Waals surface area contributed by atoms with Crippen molar-refractivity contribution in [2.45, 2.75) is 38.5 Å². The highest BCUT2D eigenvalue weighted by atomic mass is 32.1. The van der Waals surface area contributed by atoms with Crippen LogP contribution in [0.3, 0.4) is 0 Å². The minimum Gasteiger partial charge on any atom is -0.465 e. The summed E-state index contributed by atoms with van der Waals surface area (Å²) >= 11 is 0.723. The van der Waals surface area contributed by atoms with Gasteiger partial charge in [0.1, 0.15) is 16.9 Å². The molecule has 1 fully saturated rings. The maximum atomic E-state index is 12.8. The fourth-order valence-electron chi connectivity index (χ4n) is 3.78. The Morgan fingerprint density at radius 3 is 2.61 bits per heavy atom. The average molecular weight is 456 g/mol. The van der Waals surface area contributed by atoms with Crippen LogP contribution in [0.25, 0.3) is 10.3 Å². The van der Waals surface area contributed by atoms with Gasteiger partial charge in [0, 0.05) is 26.9 Å². The summed E-state index contributed by atoms with van der Waals surface area (Å²) in [5.74, 6) is -1.56. The highest BCUT2D eigenvalue weighted by Gasteiger charge is 2.49. The number of H-pyrrole nitrogens is 1. The third-order valence-corrected chi connectivity index (χ3v) is 5.88. The molecule has 0 bridgehead atoms. The zero-order valence-electron chi connectivity index (χ0n) is 17.3. The topological polar surface area (TPSA) is 165 Å². The van der Waals surface area contributed by atoms with Gasteiger partial charge < -0.3 is 24.7 Å². The van der Waals surface area contributed by atoms with E-state index in [-0.39, 0.29) is 41.8 Å². The number of aromatic nitrogens is 3. The molecule has 3 rings (SSSR count). The smallest absolute Gasteiger partial charge is 0.309 e. The Bertz CT molecular complexity index is 1080. The van der Waals surface area contributed by atoms with Gasteiger partial charge in [0.05, 0.1) is 25.9 Å². The summed E-state index contributed by atoms with van der Waals surface area (Å²) < 4.78 is 23.1. The number of anilines is 1. The Labute approximate surface area is 180 Å². The van der Waals surface area contributed by atoms with Crippen LogP contribution in [0, 0.1) is 5.92 Å². The lowest BCUT2D eigenvalue weighted by Crippen LogP contribution is -2.39. The summed E-state index contributed by atoms with van der Waals surface area (Å²) in [5.41, 5.74) is 5.24. The van der Waals surface area contributed by atoms with Gasteiger partial charge in [-0.25, -0.2) is 0 Å². The van der Waals surface area contributed by atoms with E-state index in [4.69, 9.17) is 24.7 Å². The van der Waals surface area contributed by atoms with Crippen LogP contribution in [-0.4, -0.2) is 65.6 Å². The van der Waals surface area contributed by atoms with Crippen LogP contribution in [0.5, 0.6) is 0 Å². The molecule has 2 aromatic rings. The molecule has 1 aliphatic rings. The van der Waals surface area contributed by atoms with Gasteiger partial charge in [0.15, 0.2) is 5.65 Å². The van der Waals surface area contributed by atoms with Crippen molar-refractivity contribution in [3.8, 4) is 0 Å². The minimum atomic E-state index is -0.882. The number of methoxy groups -OCH3 is 1. The molecule has 0 saturated heterocycles. The van der Waals surface area contributed by atoms with Gasteiger partial charge >= 0.3 is 16.8 Å². The molecule has 0 aliphatic heterocycles. The molecular weight excluding hydrogens is 432 g/mol. The number of aromatic amines is 1. The summed E-state index contributed by atoms with van der Waals surface area (Å²) in [6.07, 6.45) is -1.28. The van der Waals surface area contributed by atoms with E-state index >= 15 is 0 Å². The first-order chi connectivity index (χ1) is 14.7. The third-order valence-electron chi connectivity index (χ3n) is 4.94. The van der Waals surface area contributed by atoms with Crippen molar-refractivity contribution in [1.82, 2.24) is 14.5 Å². The lowest BCUT2D eigenvalue weighted by atomic mass is 10.1. The largest absolute Gasteiger partial charge is 0.465 e. The highest BCUT2D eigenvalue weighted by Crippen LogP contribution is 2.40. The number of nitrogen functional groups attached to an aromatic ring is 1. The first kappa shape index (κ1) is 22.9. The molecule has 170 valence electrons.